The number of ether oxygens (including phenoxy) is 1. The van der Waals surface area contributed by atoms with E-state index in [4.69, 9.17) is 4.74 Å². The lowest BCUT2D eigenvalue weighted by Crippen LogP contribution is -2.37. The smallest absolute Gasteiger partial charge is 0.407 e. The SMILES string of the molecule is CCN1CC[C@H](NC(=O)OCc2ccccc2)C1. The number of benzene rings is 1. The highest BCUT2D eigenvalue weighted by Crippen LogP contribution is 2.08. The number of hydrogen-bond acceptors (Lipinski definition) is 3. The largest absolute Gasteiger partial charge is 0.445 e. The summed E-state index contributed by atoms with van der Waals surface area (Å²) in [6.07, 6.45) is 0.690. The summed E-state index contributed by atoms with van der Waals surface area (Å²) in [6, 6.07) is 9.94. The molecular weight excluding hydrogens is 228 g/mol. The lowest BCUT2D eigenvalue weighted by atomic mass is 10.2. The molecule has 0 saturated carbocycles. The van der Waals surface area contributed by atoms with Gasteiger partial charge in [0, 0.05) is 19.1 Å². The van der Waals surface area contributed by atoms with Crippen LogP contribution in [0.25, 0.3) is 0 Å². The van der Waals surface area contributed by atoms with Gasteiger partial charge in [-0.1, -0.05) is 37.3 Å². The number of likely N-dealkylation sites (N-methyl/N-ethyl adjacent to an activating group) is 1. The van der Waals surface area contributed by atoms with Crippen molar-refractivity contribution in [3.63, 3.8) is 0 Å². The fraction of sp³-hybridized carbons (Fsp3) is 0.500. The average molecular weight is 248 g/mol. The Morgan fingerprint density at radius 1 is 1.44 bits per heavy atom. The highest BCUT2D eigenvalue weighted by molar-refractivity contribution is 5.67. The molecule has 1 atom stereocenters. The molecule has 0 aliphatic carbocycles. The number of nitrogens with zero attached hydrogens (tertiary/aromatic N) is 1. The highest BCUT2D eigenvalue weighted by atomic mass is 16.5. The van der Waals surface area contributed by atoms with Crippen LogP contribution in [-0.2, 0) is 11.3 Å². The third kappa shape index (κ3) is 3.74. The Morgan fingerprint density at radius 2 is 2.22 bits per heavy atom. The number of hydrogen-bond donors (Lipinski definition) is 1. The van der Waals surface area contributed by atoms with Gasteiger partial charge in [-0.3, -0.25) is 0 Å². The molecule has 98 valence electrons. The molecule has 0 unspecified atom stereocenters. The highest BCUT2D eigenvalue weighted by Gasteiger charge is 2.22. The van der Waals surface area contributed by atoms with Crippen molar-refractivity contribution in [3.05, 3.63) is 35.9 Å². The van der Waals surface area contributed by atoms with E-state index in [1.165, 1.54) is 0 Å². The van der Waals surface area contributed by atoms with Crippen LogP contribution in [0.4, 0.5) is 4.79 Å². The molecule has 1 heterocycles. The predicted octanol–water partition coefficient (Wildman–Crippen LogP) is 2.01. The minimum absolute atomic E-state index is 0.230. The molecule has 1 saturated heterocycles. The van der Waals surface area contributed by atoms with E-state index >= 15 is 0 Å². The topological polar surface area (TPSA) is 41.6 Å². The molecular formula is C14H20N2O2. The number of likely N-dealkylation sites (tertiary alicyclic amines) is 1. The number of amides is 1. The van der Waals surface area contributed by atoms with E-state index in [0.717, 1.165) is 31.6 Å². The van der Waals surface area contributed by atoms with E-state index in [2.05, 4.69) is 17.1 Å². The quantitative estimate of drug-likeness (QED) is 0.886. The zero-order valence-corrected chi connectivity index (χ0v) is 10.8. The maximum Gasteiger partial charge on any atom is 0.407 e. The molecule has 0 radical (unpaired) electrons. The first kappa shape index (κ1) is 12.9. The van der Waals surface area contributed by atoms with Crippen LogP contribution in [0.2, 0.25) is 0 Å². The normalized spacial score (nSPS) is 19.7. The molecule has 1 fully saturated rings. The zero-order chi connectivity index (χ0) is 12.8. The molecule has 1 aromatic rings. The van der Waals surface area contributed by atoms with E-state index in [1.54, 1.807) is 0 Å². The van der Waals surface area contributed by atoms with Crippen LogP contribution in [0.5, 0.6) is 0 Å². The van der Waals surface area contributed by atoms with Gasteiger partial charge >= 0.3 is 6.09 Å². The second-order valence-electron chi connectivity index (χ2n) is 4.58. The molecule has 1 N–H and O–H groups in total. The lowest BCUT2D eigenvalue weighted by Gasteiger charge is -2.14. The number of nitrogens with one attached hydrogen (secondary N) is 1. The molecule has 0 spiro atoms. The van der Waals surface area contributed by atoms with Crippen LogP contribution in [0, 0.1) is 0 Å². The van der Waals surface area contributed by atoms with Crippen LogP contribution in [0.1, 0.15) is 18.9 Å². The lowest BCUT2D eigenvalue weighted by molar-refractivity contribution is 0.135. The Bertz CT molecular complexity index is 381. The molecule has 0 bridgehead atoms. The van der Waals surface area contributed by atoms with Crippen molar-refractivity contribution < 1.29 is 9.53 Å². The van der Waals surface area contributed by atoms with Crippen molar-refractivity contribution in [1.29, 1.82) is 0 Å². The van der Waals surface area contributed by atoms with E-state index < -0.39 is 0 Å². The standard InChI is InChI=1S/C14H20N2O2/c1-2-16-9-8-13(10-16)15-14(17)18-11-12-6-4-3-5-7-12/h3-7,13H,2,8-11H2,1H3,(H,15,17)/t13-/m0/s1. The summed E-state index contributed by atoms with van der Waals surface area (Å²) in [7, 11) is 0. The zero-order valence-electron chi connectivity index (χ0n) is 10.8. The first-order valence-electron chi connectivity index (χ1n) is 6.47. The maximum atomic E-state index is 11.6. The summed E-state index contributed by atoms with van der Waals surface area (Å²) in [4.78, 5) is 13.9. The van der Waals surface area contributed by atoms with E-state index in [0.29, 0.717) is 6.61 Å². The second kappa shape index (κ2) is 6.40. The van der Waals surface area contributed by atoms with Gasteiger partial charge in [-0.05, 0) is 18.5 Å². The third-order valence-electron chi connectivity index (χ3n) is 3.25. The van der Waals surface area contributed by atoms with Gasteiger partial charge in [0.1, 0.15) is 6.61 Å². The summed E-state index contributed by atoms with van der Waals surface area (Å²) in [5, 5.41) is 2.91. The Kier molecular flexibility index (Phi) is 4.59. The fourth-order valence-electron chi connectivity index (χ4n) is 2.17. The van der Waals surface area contributed by atoms with Gasteiger partial charge in [-0.15, -0.1) is 0 Å². The van der Waals surface area contributed by atoms with Crippen molar-refractivity contribution in [2.75, 3.05) is 19.6 Å². The summed E-state index contributed by atoms with van der Waals surface area (Å²) in [5.41, 5.74) is 1.01. The molecule has 4 nitrogen and oxygen atoms in total. The van der Waals surface area contributed by atoms with Gasteiger partial charge in [0.25, 0.3) is 0 Å². The van der Waals surface area contributed by atoms with Crippen LogP contribution in [0.15, 0.2) is 30.3 Å². The number of alkyl carbamates (subject to hydrolysis) is 1. The summed E-state index contributed by atoms with van der Waals surface area (Å²) in [6.45, 7) is 5.49. The van der Waals surface area contributed by atoms with Gasteiger partial charge in [0.05, 0.1) is 0 Å². The molecule has 0 aromatic heterocycles. The third-order valence-corrected chi connectivity index (χ3v) is 3.25. The second-order valence-corrected chi connectivity index (χ2v) is 4.58. The Balaban J connectivity index is 1.70. The molecule has 1 aliphatic heterocycles. The van der Waals surface area contributed by atoms with Gasteiger partial charge in [0.2, 0.25) is 0 Å². The molecule has 2 rings (SSSR count). The minimum atomic E-state index is -0.318. The Morgan fingerprint density at radius 3 is 2.89 bits per heavy atom. The number of carbonyl (C=O) groups excluding carboxylic acids is 1. The van der Waals surface area contributed by atoms with Crippen molar-refractivity contribution >= 4 is 6.09 Å². The van der Waals surface area contributed by atoms with Crippen LogP contribution in [-0.4, -0.2) is 36.7 Å². The monoisotopic (exact) mass is 248 g/mol. The van der Waals surface area contributed by atoms with Crippen molar-refractivity contribution in [3.8, 4) is 0 Å². The summed E-state index contributed by atoms with van der Waals surface area (Å²) >= 11 is 0. The van der Waals surface area contributed by atoms with Crippen LogP contribution in [0.3, 0.4) is 0 Å². The first-order valence-corrected chi connectivity index (χ1v) is 6.47. The number of rotatable bonds is 4. The molecule has 1 amide bonds. The van der Waals surface area contributed by atoms with Crippen molar-refractivity contribution in [2.24, 2.45) is 0 Å². The van der Waals surface area contributed by atoms with Crippen molar-refractivity contribution in [2.45, 2.75) is 26.0 Å². The Labute approximate surface area is 108 Å². The average Bonchev–Trinajstić information content (AvgIpc) is 2.85. The molecule has 18 heavy (non-hydrogen) atoms. The molecule has 1 aromatic carbocycles. The van der Waals surface area contributed by atoms with E-state index in [-0.39, 0.29) is 12.1 Å². The fourth-order valence-corrected chi connectivity index (χ4v) is 2.17. The molecule has 1 aliphatic rings. The summed E-state index contributed by atoms with van der Waals surface area (Å²) < 4.78 is 5.19. The van der Waals surface area contributed by atoms with Crippen LogP contribution < -0.4 is 5.32 Å². The van der Waals surface area contributed by atoms with E-state index in [9.17, 15) is 4.79 Å². The van der Waals surface area contributed by atoms with E-state index in [1.807, 2.05) is 30.3 Å². The maximum absolute atomic E-state index is 11.6. The Hall–Kier alpha value is -1.55. The first-order chi connectivity index (χ1) is 8.78. The predicted molar refractivity (Wildman–Crippen MR) is 70.3 cm³/mol. The van der Waals surface area contributed by atoms with Crippen LogP contribution >= 0.6 is 0 Å². The minimum Gasteiger partial charge on any atom is -0.445 e. The van der Waals surface area contributed by atoms with Gasteiger partial charge in [-0.2, -0.15) is 0 Å². The van der Waals surface area contributed by atoms with Gasteiger partial charge in [0.15, 0.2) is 0 Å². The summed E-state index contributed by atoms with van der Waals surface area (Å²) in [5.74, 6) is 0. The van der Waals surface area contributed by atoms with Gasteiger partial charge in [-0.25, -0.2) is 4.79 Å². The van der Waals surface area contributed by atoms with Crippen molar-refractivity contribution in [1.82, 2.24) is 10.2 Å². The molecule has 4 heteroatoms. The van der Waals surface area contributed by atoms with Gasteiger partial charge < -0.3 is 15.0 Å². The number of carbonyl (C=O) groups is 1.